The first-order valence-corrected chi connectivity index (χ1v) is 5.56. The molecule has 4 nitrogen and oxygen atoms in total. The Hall–Kier alpha value is -1.76. The summed E-state index contributed by atoms with van der Waals surface area (Å²) in [7, 11) is 0. The number of carbonyl (C=O) groups is 1. The van der Waals surface area contributed by atoms with E-state index >= 15 is 0 Å². The van der Waals surface area contributed by atoms with Crippen LogP contribution in [-0.2, 0) is 4.79 Å². The minimum atomic E-state index is -4.44. The third kappa shape index (κ3) is 4.78. The summed E-state index contributed by atoms with van der Waals surface area (Å²) < 4.78 is 41.1. The maximum absolute atomic E-state index is 12.1. The second-order valence-corrected chi connectivity index (χ2v) is 4.13. The predicted molar refractivity (Wildman–Crippen MR) is 65.0 cm³/mol. The average Bonchev–Trinajstić information content (AvgIpc) is 2.28. The molecule has 0 saturated carbocycles. The molecule has 0 aliphatic rings. The maximum Gasteiger partial charge on any atom is 0.422 e. The number of nitrogens with two attached hydrogens (primary N) is 1. The highest BCUT2D eigenvalue weighted by atomic mass is 19.4. The Kier molecular flexibility index (Phi) is 4.77. The summed E-state index contributed by atoms with van der Waals surface area (Å²) in [6.07, 6.45) is -4.44. The topological polar surface area (TPSA) is 64.3 Å². The van der Waals surface area contributed by atoms with E-state index < -0.39 is 24.7 Å². The standard InChI is InChI=1S/C12H15F3N2O2/c1-7-4-3-5-9(19-6-12(13,14)15)10(7)17-11(18)8(2)16/h3-5,8H,6,16H2,1-2H3,(H,17,18). The molecule has 0 saturated heterocycles. The summed E-state index contributed by atoms with van der Waals surface area (Å²) in [5, 5.41) is 2.46. The molecule has 0 fully saturated rings. The number of hydrogen-bond donors (Lipinski definition) is 2. The van der Waals surface area contributed by atoms with Gasteiger partial charge in [0.2, 0.25) is 5.91 Å². The molecule has 0 aliphatic heterocycles. The lowest BCUT2D eigenvalue weighted by Crippen LogP contribution is -2.33. The van der Waals surface area contributed by atoms with Crippen LogP contribution in [0, 0.1) is 6.92 Å². The van der Waals surface area contributed by atoms with Crippen LogP contribution in [0.25, 0.3) is 0 Å². The fourth-order valence-corrected chi connectivity index (χ4v) is 1.32. The van der Waals surface area contributed by atoms with Crippen LogP contribution in [0.1, 0.15) is 12.5 Å². The Balaban J connectivity index is 2.92. The van der Waals surface area contributed by atoms with Crippen LogP contribution in [0.5, 0.6) is 5.75 Å². The third-order valence-electron chi connectivity index (χ3n) is 2.29. The molecule has 0 spiro atoms. The van der Waals surface area contributed by atoms with Crippen molar-refractivity contribution >= 4 is 11.6 Å². The lowest BCUT2D eigenvalue weighted by Gasteiger charge is -2.16. The van der Waals surface area contributed by atoms with Crippen molar-refractivity contribution in [2.75, 3.05) is 11.9 Å². The number of ether oxygens (including phenoxy) is 1. The Morgan fingerprint density at radius 3 is 2.63 bits per heavy atom. The van der Waals surface area contributed by atoms with Crippen LogP contribution in [0.3, 0.4) is 0 Å². The number of carbonyl (C=O) groups excluding carboxylic acids is 1. The molecule has 1 amide bonds. The van der Waals surface area contributed by atoms with Crippen molar-refractivity contribution in [3.8, 4) is 5.75 Å². The van der Waals surface area contributed by atoms with E-state index in [1.165, 1.54) is 13.0 Å². The number of aryl methyl sites for hydroxylation is 1. The summed E-state index contributed by atoms with van der Waals surface area (Å²) >= 11 is 0. The summed E-state index contributed by atoms with van der Waals surface area (Å²) in [4.78, 5) is 11.5. The molecule has 0 aliphatic carbocycles. The number of benzene rings is 1. The van der Waals surface area contributed by atoms with E-state index in [9.17, 15) is 18.0 Å². The van der Waals surface area contributed by atoms with Crippen LogP contribution in [-0.4, -0.2) is 24.7 Å². The zero-order chi connectivity index (χ0) is 14.6. The Morgan fingerprint density at radius 2 is 2.11 bits per heavy atom. The van der Waals surface area contributed by atoms with E-state index in [0.29, 0.717) is 5.56 Å². The highest BCUT2D eigenvalue weighted by Crippen LogP contribution is 2.29. The molecule has 1 aromatic rings. The van der Waals surface area contributed by atoms with E-state index in [1.54, 1.807) is 19.1 Å². The fourth-order valence-electron chi connectivity index (χ4n) is 1.32. The number of nitrogens with one attached hydrogen (secondary N) is 1. The van der Waals surface area contributed by atoms with E-state index in [0.717, 1.165) is 0 Å². The molecule has 1 atom stereocenters. The van der Waals surface area contributed by atoms with E-state index in [4.69, 9.17) is 5.73 Å². The summed E-state index contributed by atoms with van der Waals surface area (Å²) in [5.74, 6) is -0.530. The molecule has 1 rings (SSSR count). The van der Waals surface area contributed by atoms with Gasteiger partial charge in [0, 0.05) is 0 Å². The van der Waals surface area contributed by atoms with Gasteiger partial charge in [-0.1, -0.05) is 12.1 Å². The van der Waals surface area contributed by atoms with Crippen molar-refractivity contribution in [3.63, 3.8) is 0 Å². The number of halogens is 3. The summed E-state index contributed by atoms with van der Waals surface area (Å²) in [6, 6.07) is 3.78. The molecule has 1 aromatic carbocycles. The molecular formula is C12H15F3N2O2. The van der Waals surface area contributed by atoms with Gasteiger partial charge in [0.1, 0.15) is 5.75 Å². The normalized spacial score (nSPS) is 12.9. The minimum absolute atomic E-state index is 0.0358. The molecule has 0 heterocycles. The van der Waals surface area contributed by atoms with Crippen molar-refractivity contribution in [3.05, 3.63) is 23.8 Å². The van der Waals surface area contributed by atoms with Crippen LogP contribution >= 0.6 is 0 Å². The molecule has 7 heteroatoms. The van der Waals surface area contributed by atoms with Gasteiger partial charge in [0.15, 0.2) is 6.61 Å². The zero-order valence-corrected chi connectivity index (χ0v) is 10.5. The second-order valence-electron chi connectivity index (χ2n) is 4.13. The van der Waals surface area contributed by atoms with E-state index in [2.05, 4.69) is 10.1 Å². The lowest BCUT2D eigenvalue weighted by molar-refractivity contribution is -0.153. The largest absolute Gasteiger partial charge is 0.482 e. The Morgan fingerprint density at radius 1 is 1.47 bits per heavy atom. The molecule has 1 unspecified atom stereocenters. The minimum Gasteiger partial charge on any atom is -0.482 e. The van der Waals surface area contributed by atoms with Crippen LogP contribution in [0.15, 0.2) is 18.2 Å². The third-order valence-corrected chi connectivity index (χ3v) is 2.29. The predicted octanol–water partition coefficient (Wildman–Crippen LogP) is 2.22. The van der Waals surface area contributed by atoms with Gasteiger partial charge in [-0.2, -0.15) is 13.2 Å². The second kappa shape index (κ2) is 5.92. The first-order chi connectivity index (χ1) is 8.70. The highest BCUT2D eigenvalue weighted by Gasteiger charge is 2.29. The first kappa shape index (κ1) is 15.3. The number of amides is 1. The van der Waals surface area contributed by atoms with E-state index in [-0.39, 0.29) is 11.4 Å². The van der Waals surface area contributed by atoms with Gasteiger partial charge in [0.05, 0.1) is 11.7 Å². The number of anilines is 1. The van der Waals surface area contributed by atoms with Gasteiger partial charge in [-0.25, -0.2) is 0 Å². The summed E-state index contributed by atoms with van der Waals surface area (Å²) in [5.41, 5.74) is 6.19. The number of hydrogen-bond acceptors (Lipinski definition) is 3. The highest BCUT2D eigenvalue weighted by molar-refractivity contribution is 5.96. The van der Waals surface area contributed by atoms with Crippen molar-refractivity contribution in [1.29, 1.82) is 0 Å². The Labute approximate surface area is 108 Å². The Bertz CT molecular complexity index is 459. The van der Waals surface area contributed by atoms with Gasteiger partial charge < -0.3 is 15.8 Å². The summed E-state index contributed by atoms with van der Waals surface area (Å²) in [6.45, 7) is 1.71. The molecule has 19 heavy (non-hydrogen) atoms. The molecule has 0 aromatic heterocycles. The molecular weight excluding hydrogens is 261 g/mol. The quantitative estimate of drug-likeness (QED) is 0.886. The van der Waals surface area contributed by atoms with Gasteiger partial charge in [-0.3, -0.25) is 4.79 Å². The zero-order valence-electron chi connectivity index (χ0n) is 10.5. The van der Waals surface area contributed by atoms with Gasteiger partial charge >= 0.3 is 6.18 Å². The van der Waals surface area contributed by atoms with Gasteiger partial charge in [-0.15, -0.1) is 0 Å². The van der Waals surface area contributed by atoms with Crippen molar-refractivity contribution in [2.45, 2.75) is 26.1 Å². The molecule has 3 N–H and O–H groups in total. The van der Waals surface area contributed by atoms with Gasteiger partial charge in [-0.05, 0) is 25.5 Å². The number of alkyl halides is 3. The first-order valence-electron chi connectivity index (χ1n) is 5.56. The van der Waals surface area contributed by atoms with Crippen LogP contribution in [0.4, 0.5) is 18.9 Å². The number of rotatable bonds is 4. The number of para-hydroxylation sites is 1. The lowest BCUT2D eigenvalue weighted by atomic mass is 10.1. The SMILES string of the molecule is Cc1cccc(OCC(F)(F)F)c1NC(=O)C(C)N. The molecule has 0 bridgehead atoms. The molecule has 0 radical (unpaired) electrons. The van der Waals surface area contributed by atoms with Gasteiger partial charge in [0.25, 0.3) is 0 Å². The van der Waals surface area contributed by atoms with Crippen molar-refractivity contribution < 1.29 is 22.7 Å². The average molecular weight is 276 g/mol. The van der Waals surface area contributed by atoms with Crippen LogP contribution < -0.4 is 15.8 Å². The molecule has 106 valence electrons. The maximum atomic E-state index is 12.1. The van der Waals surface area contributed by atoms with Crippen molar-refractivity contribution in [2.24, 2.45) is 5.73 Å². The van der Waals surface area contributed by atoms with Crippen molar-refractivity contribution in [1.82, 2.24) is 0 Å². The fraction of sp³-hybridized carbons (Fsp3) is 0.417. The van der Waals surface area contributed by atoms with Crippen LogP contribution in [0.2, 0.25) is 0 Å². The monoisotopic (exact) mass is 276 g/mol. The van der Waals surface area contributed by atoms with E-state index in [1.807, 2.05) is 0 Å². The smallest absolute Gasteiger partial charge is 0.422 e.